The molecular formula is C25H19F3N4O2. The van der Waals surface area contributed by atoms with E-state index in [0.29, 0.717) is 11.0 Å². The standard InChI is InChI=1S/C25H19F3N4O2/c26-16-5-3-4-15(12-16)25(33)31-19-8-9-21(24(28)23(19)27)34-17-6-7-18-20(13-17)30-22(14-29-18)32-10-1-2-11-32/h3-9,12-14H,1-2,10-11H2,(H,31,33). The van der Waals surface area contributed by atoms with E-state index in [2.05, 4.69) is 20.2 Å². The van der Waals surface area contributed by atoms with Crippen LogP contribution >= 0.6 is 0 Å². The predicted octanol–water partition coefficient (Wildman–Crippen LogP) is 5.69. The van der Waals surface area contributed by atoms with E-state index in [1.165, 1.54) is 30.3 Å². The molecule has 34 heavy (non-hydrogen) atoms. The number of rotatable bonds is 5. The third-order valence-corrected chi connectivity index (χ3v) is 5.54. The Morgan fingerprint density at radius 2 is 1.76 bits per heavy atom. The minimum atomic E-state index is -1.29. The number of amides is 1. The summed E-state index contributed by atoms with van der Waals surface area (Å²) in [5.74, 6) is -3.28. The van der Waals surface area contributed by atoms with Crippen molar-refractivity contribution in [1.82, 2.24) is 9.97 Å². The fourth-order valence-electron chi connectivity index (χ4n) is 3.80. The Morgan fingerprint density at radius 3 is 2.56 bits per heavy atom. The summed E-state index contributed by atoms with van der Waals surface area (Å²) in [6, 6.07) is 12.2. The third kappa shape index (κ3) is 4.36. The van der Waals surface area contributed by atoms with Crippen LogP contribution in [0.25, 0.3) is 11.0 Å². The zero-order chi connectivity index (χ0) is 23.7. The highest BCUT2D eigenvalue weighted by atomic mass is 19.2. The average Bonchev–Trinajstić information content (AvgIpc) is 3.38. The van der Waals surface area contributed by atoms with Gasteiger partial charge in [-0.3, -0.25) is 9.78 Å². The highest BCUT2D eigenvalue weighted by molar-refractivity contribution is 6.04. The SMILES string of the molecule is O=C(Nc1ccc(Oc2ccc3ncc(N4CCCC4)nc3c2)c(F)c1F)c1cccc(F)c1. The van der Waals surface area contributed by atoms with Gasteiger partial charge in [0.1, 0.15) is 17.4 Å². The van der Waals surface area contributed by atoms with Crippen molar-refractivity contribution in [3.8, 4) is 11.5 Å². The van der Waals surface area contributed by atoms with E-state index < -0.39 is 29.0 Å². The molecule has 0 bridgehead atoms. The highest BCUT2D eigenvalue weighted by Crippen LogP contribution is 2.31. The zero-order valence-corrected chi connectivity index (χ0v) is 17.9. The average molecular weight is 464 g/mol. The monoisotopic (exact) mass is 464 g/mol. The molecule has 1 fully saturated rings. The smallest absolute Gasteiger partial charge is 0.255 e. The number of ether oxygens (including phenoxy) is 1. The number of carbonyl (C=O) groups excluding carboxylic acids is 1. The van der Waals surface area contributed by atoms with Gasteiger partial charge in [-0.05, 0) is 55.3 Å². The molecule has 1 aromatic heterocycles. The lowest BCUT2D eigenvalue weighted by Gasteiger charge is -2.16. The molecule has 6 nitrogen and oxygen atoms in total. The Balaban J connectivity index is 1.36. The van der Waals surface area contributed by atoms with E-state index in [0.717, 1.165) is 37.8 Å². The van der Waals surface area contributed by atoms with Crippen molar-refractivity contribution in [3.05, 3.63) is 83.8 Å². The Morgan fingerprint density at radius 1 is 0.941 bits per heavy atom. The topological polar surface area (TPSA) is 67.3 Å². The molecule has 1 aliphatic rings. The van der Waals surface area contributed by atoms with Crippen molar-refractivity contribution in [3.63, 3.8) is 0 Å². The van der Waals surface area contributed by atoms with E-state index in [9.17, 15) is 18.0 Å². The molecule has 2 heterocycles. The van der Waals surface area contributed by atoms with E-state index in [4.69, 9.17) is 4.74 Å². The van der Waals surface area contributed by atoms with Gasteiger partial charge in [0.15, 0.2) is 11.6 Å². The lowest BCUT2D eigenvalue weighted by atomic mass is 10.2. The van der Waals surface area contributed by atoms with Crippen LogP contribution in [0.5, 0.6) is 11.5 Å². The summed E-state index contributed by atoms with van der Waals surface area (Å²) in [4.78, 5) is 23.4. The van der Waals surface area contributed by atoms with Crippen LogP contribution in [0.4, 0.5) is 24.7 Å². The van der Waals surface area contributed by atoms with Crippen LogP contribution in [0.1, 0.15) is 23.2 Å². The summed E-state index contributed by atoms with van der Waals surface area (Å²) in [6.45, 7) is 1.84. The summed E-state index contributed by atoms with van der Waals surface area (Å²) in [5, 5.41) is 2.24. The number of fused-ring (bicyclic) bond motifs is 1. The molecule has 0 saturated carbocycles. The largest absolute Gasteiger partial charge is 0.454 e. The van der Waals surface area contributed by atoms with Crippen molar-refractivity contribution < 1.29 is 22.7 Å². The first-order valence-corrected chi connectivity index (χ1v) is 10.7. The summed E-state index contributed by atoms with van der Waals surface area (Å²) in [6.07, 6.45) is 3.93. The predicted molar refractivity (Wildman–Crippen MR) is 122 cm³/mol. The number of nitrogens with one attached hydrogen (secondary N) is 1. The van der Waals surface area contributed by atoms with Gasteiger partial charge in [0.25, 0.3) is 5.91 Å². The lowest BCUT2D eigenvalue weighted by Crippen LogP contribution is -2.19. The molecule has 172 valence electrons. The van der Waals surface area contributed by atoms with Crippen LogP contribution in [0, 0.1) is 17.5 Å². The lowest BCUT2D eigenvalue weighted by molar-refractivity contribution is 0.102. The zero-order valence-electron chi connectivity index (χ0n) is 17.9. The number of nitrogens with zero attached hydrogens (tertiary/aromatic N) is 3. The van der Waals surface area contributed by atoms with Gasteiger partial charge in [0.2, 0.25) is 5.82 Å². The van der Waals surface area contributed by atoms with Crippen LogP contribution < -0.4 is 15.0 Å². The number of aromatic nitrogens is 2. The Labute approximate surface area is 193 Å². The van der Waals surface area contributed by atoms with Gasteiger partial charge in [-0.15, -0.1) is 0 Å². The minimum Gasteiger partial charge on any atom is -0.454 e. The number of hydrogen-bond acceptors (Lipinski definition) is 5. The van der Waals surface area contributed by atoms with Crippen LogP contribution in [0.3, 0.4) is 0 Å². The second-order valence-corrected chi connectivity index (χ2v) is 7.88. The Bertz CT molecular complexity index is 1390. The minimum absolute atomic E-state index is 0.0225. The highest BCUT2D eigenvalue weighted by Gasteiger charge is 2.19. The molecule has 0 unspecified atom stereocenters. The molecule has 1 amide bonds. The Hall–Kier alpha value is -4.14. The summed E-state index contributed by atoms with van der Waals surface area (Å²) >= 11 is 0. The second-order valence-electron chi connectivity index (χ2n) is 7.88. The molecular weight excluding hydrogens is 445 g/mol. The third-order valence-electron chi connectivity index (χ3n) is 5.54. The van der Waals surface area contributed by atoms with Crippen molar-refractivity contribution in [1.29, 1.82) is 0 Å². The van der Waals surface area contributed by atoms with Crippen molar-refractivity contribution in [2.75, 3.05) is 23.3 Å². The maximum atomic E-state index is 14.7. The first-order chi connectivity index (χ1) is 16.5. The first kappa shape index (κ1) is 21.7. The van der Waals surface area contributed by atoms with Gasteiger partial charge in [0, 0.05) is 24.7 Å². The molecule has 0 atom stereocenters. The maximum absolute atomic E-state index is 14.7. The van der Waals surface area contributed by atoms with E-state index in [1.807, 2.05) is 0 Å². The number of hydrogen-bond donors (Lipinski definition) is 1. The van der Waals surface area contributed by atoms with Crippen LogP contribution in [-0.4, -0.2) is 29.0 Å². The molecule has 4 aromatic rings. The molecule has 5 rings (SSSR count). The summed E-state index contributed by atoms with van der Waals surface area (Å²) < 4.78 is 48.2. The van der Waals surface area contributed by atoms with Gasteiger partial charge in [-0.1, -0.05) is 6.07 Å². The number of benzene rings is 3. The summed E-state index contributed by atoms with van der Waals surface area (Å²) in [7, 11) is 0. The molecule has 0 aliphatic carbocycles. The van der Waals surface area contributed by atoms with E-state index in [1.54, 1.807) is 24.4 Å². The summed E-state index contributed by atoms with van der Waals surface area (Å²) in [5.41, 5.74) is 0.809. The van der Waals surface area contributed by atoms with E-state index >= 15 is 0 Å². The maximum Gasteiger partial charge on any atom is 0.255 e. The molecule has 3 aromatic carbocycles. The van der Waals surface area contributed by atoms with Crippen molar-refractivity contribution in [2.45, 2.75) is 12.8 Å². The molecule has 1 aliphatic heterocycles. The molecule has 1 saturated heterocycles. The van der Waals surface area contributed by atoms with Crippen molar-refractivity contribution in [2.24, 2.45) is 0 Å². The van der Waals surface area contributed by atoms with Crippen molar-refractivity contribution >= 4 is 28.4 Å². The number of carbonyl (C=O) groups is 1. The molecule has 9 heteroatoms. The number of halogens is 3. The second kappa shape index (κ2) is 9.01. The first-order valence-electron chi connectivity index (χ1n) is 10.7. The van der Waals surface area contributed by atoms with Gasteiger partial charge in [-0.2, -0.15) is 4.39 Å². The van der Waals surface area contributed by atoms with Crippen LogP contribution in [0.15, 0.2) is 60.8 Å². The molecule has 0 spiro atoms. The van der Waals surface area contributed by atoms with Crippen LogP contribution in [0.2, 0.25) is 0 Å². The van der Waals surface area contributed by atoms with E-state index in [-0.39, 0.29) is 17.1 Å². The van der Waals surface area contributed by atoms with Gasteiger partial charge >= 0.3 is 0 Å². The Kier molecular flexibility index (Phi) is 5.75. The van der Waals surface area contributed by atoms with Crippen LogP contribution in [-0.2, 0) is 0 Å². The molecule has 0 radical (unpaired) electrons. The van der Waals surface area contributed by atoms with Gasteiger partial charge < -0.3 is 15.0 Å². The number of anilines is 2. The normalized spacial score (nSPS) is 13.3. The van der Waals surface area contributed by atoms with Gasteiger partial charge in [0.05, 0.1) is 22.9 Å². The fourth-order valence-corrected chi connectivity index (χ4v) is 3.80. The van der Waals surface area contributed by atoms with Gasteiger partial charge in [-0.25, -0.2) is 13.8 Å². The quantitative estimate of drug-likeness (QED) is 0.411. The fraction of sp³-hybridized carbons (Fsp3) is 0.160. The molecule has 1 N–H and O–H groups in total.